The minimum atomic E-state index is -0.109. The van der Waals surface area contributed by atoms with Gasteiger partial charge in [-0.15, -0.1) is 0 Å². The Kier molecular flexibility index (Phi) is 23.7. The van der Waals surface area contributed by atoms with Gasteiger partial charge >= 0.3 is 17.1 Å². The van der Waals surface area contributed by atoms with Crippen LogP contribution in [0, 0.1) is 6.92 Å². The Hall–Kier alpha value is 0.729. The van der Waals surface area contributed by atoms with Crippen LogP contribution in [0.15, 0.2) is 30.3 Å². The van der Waals surface area contributed by atoms with Gasteiger partial charge in [0.15, 0.2) is 0 Å². The van der Waals surface area contributed by atoms with Crippen molar-refractivity contribution < 1.29 is 17.1 Å². The van der Waals surface area contributed by atoms with E-state index in [9.17, 15) is 0 Å². The Balaban J connectivity index is -0.000000505. The van der Waals surface area contributed by atoms with Crippen LogP contribution in [0.2, 0.25) is 0 Å². The molecular weight excluding hydrogens is 382 g/mol. The van der Waals surface area contributed by atoms with Gasteiger partial charge in [0.2, 0.25) is 0 Å². The third-order valence-electron chi connectivity index (χ3n) is 4.45. The Labute approximate surface area is 173 Å². The topological polar surface area (TPSA) is 0 Å². The summed E-state index contributed by atoms with van der Waals surface area (Å²) in [5.41, 5.74) is 3.81. The summed E-state index contributed by atoms with van der Waals surface area (Å²) in [4.78, 5) is 0. The predicted molar refractivity (Wildman–Crippen MR) is 125 cm³/mol. The molecule has 0 aliphatic carbocycles. The molecule has 0 spiro atoms. The number of rotatable bonds is 8. The van der Waals surface area contributed by atoms with Gasteiger partial charge in [-0.05, 0) is 55.4 Å². The van der Waals surface area contributed by atoms with Gasteiger partial charge in [0, 0.05) is 22.3 Å². The Morgan fingerprint density at radius 2 is 0.960 bits per heavy atom. The zero-order valence-electron chi connectivity index (χ0n) is 18.4. The van der Waals surface area contributed by atoms with Crippen LogP contribution in [-0.4, -0.2) is 35.0 Å². The van der Waals surface area contributed by atoms with Crippen LogP contribution in [0.3, 0.4) is 0 Å². The molecule has 3 heteroatoms. The van der Waals surface area contributed by atoms with Gasteiger partial charge in [0.25, 0.3) is 0 Å². The molecule has 25 heavy (non-hydrogen) atoms. The van der Waals surface area contributed by atoms with Crippen molar-refractivity contribution in [1.29, 1.82) is 0 Å². The van der Waals surface area contributed by atoms with Gasteiger partial charge in [-0.2, -0.15) is 25.1 Å². The Bertz CT molecular complexity index is 279. The average molecular weight is 428 g/mol. The van der Waals surface area contributed by atoms with Crippen molar-refractivity contribution in [3.8, 4) is 0 Å². The molecule has 0 aromatic heterocycles. The van der Waals surface area contributed by atoms with Crippen LogP contribution in [0.4, 0.5) is 0 Å². The molecule has 1 rings (SSSR count). The fourth-order valence-electron chi connectivity index (χ4n) is 3.31. The van der Waals surface area contributed by atoms with Crippen molar-refractivity contribution in [2.75, 3.05) is 12.3 Å². The number of hydrogen-bond acceptors (Lipinski definition) is 0. The molecule has 146 valence electrons. The van der Waals surface area contributed by atoms with E-state index in [1.807, 2.05) is 30.3 Å². The molecule has 0 nitrogen and oxygen atoms in total. The fraction of sp³-hybridized carbons (Fsp3) is 0.727. The first kappa shape index (κ1) is 30.5. The van der Waals surface area contributed by atoms with Crippen molar-refractivity contribution in [3.63, 3.8) is 0 Å². The van der Waals surface area contributed by atoms with E-state index in [0.29, 0.717) is 0 Å². The molecular formula is C22H46FeP2+6. The largest absolute Gasteiger partial charge is 6.00 e. The zero-order valence-corrected chi connectivity index (χ0v) is 21.5. The smallest absolute Gasteiger partial charge is 0.346 e. The molecule has 0 N–H and O–H groups in total. The van der Waals surface area contributed by atoms with Crippen LogP contribution in [-0.2, 0) is 17.1 Å². The zero-order chi connectivity index (χ0) is 19.1. The standard InChI is InChI=1S/C15H34P2.C5H5.C2H5.Fe/c1-12(2)16(13(3)4)10-9-11-17(14(5)6)15(7)8;1-2-4-5-3-1;1-2;/h12-15H,9-11H2,1-8H3;1-5H;1H2,2H3;/q;2*-1;+6/p+2. The summed E-state index contributed by atoms with van der Waals surface area (Å²) in [7, 11) is -0.217. The van der Waals surface area contributed by atoms with Gasteiger partial charge in [-0.25, -0.2) is 12.1 Å². The van der Waals surface area contributed by atoms with E-state index in [2.05, 4.69) is 62.3 Å². The van der Waals surface area contributed by atoms with Gasteiger partial charge < -0.3 is 6.92 Å². The molecule has 0 unspecified atom stereocenters. The Morgan fingerprint density at radius 1 is 0.680 bits per heavy atom. The van der Waals surface area contributed by atoms with Crippen molar-refractivity contribution in [3.05, 3.63) is 37.3 Å². The van der Waals surface area contributed by atoms with Gasteiger partial charge in [-0.1, -0.05) is 0 Å². The van der Waals surface area contributed by atoms with Crippen LogP contribution in [0.25, 0.3) is 0 Å². The summed E-state index contributed by atoms with van der Waals surface area (Å²) in [6.07, 6.45) is 4.61. The molecule has 1 aromatic rings. The van der Waals surface area contributed by atoms with Crippen LogP contribution >= 0.6 is 15.8 Å². The van der Waals surface area contributed by atoms with Crippen molar-refractivity contribution in [2.45, 2.75) is 91.4 Å². The Morgan fingerprint density at radius 3 is 1.12 bits per heavy atom. The molecule has 0 fully saturated rings. The van der Waals surface area contributed by atoms with E-state index in [4.69, 9.17) is 0 Å². The molecule has 0 atom stereocenters. The molecule has 0 amide bonds. The van der Waals surface area contributed by atoms with Crippen LogP contribution < -0.4 is 0 Å². The first-order valence-electron chi connectivity index (χ1n) is 9.85. The summed E-state index contributed by atoms with van der Waals surface area (Å²) < 4.78 is 0. The molecule has 0 saturated carbocycles. The van der Waals surface area contributed by atoms with Gasteiger partial charge in [-0.3, -0.25) is 0 Å². The summed E-state index contributed by atoms with van der Waals surface area (Å²) >= 11 is 0. The van der Waals surface area contributed by atoms with E-state index >= 15 is 0 Å². The molecule has 0 aliphatic heterocycles. The van der Waals surface area contributed by atoms with Crippen molar-refractivity contribution >= 4 is 15.8 Å². The monoisotopic (exact) mass is 428 g/mol. The second kappa shape index (κ2) is 19.5. The minimum absolute atomic E-state index is 0. The SMILES string of the molecule is CC(C)[PH+](CCC[PH+](C(C)C)C(C)C)C(C)C.[CH2-]C.[Fe+6].c1cc[cH-]c1. The summed E-state index contributed by atoms with van der Waals surface area (Å²) in [5.74, 6) is 0. The quantitative estimate of drug-likeness (QED) is 0.226. The van der Waals surface area contributed by atoms with E-state index in [-0.39, 0.29) is 32.9 Å². The van der Waals surface area contributed by atoms with Gasteiger partial charge in [0.05, 0.1) is 35.0 Å². The van der Waals surface area contributed by atoms with Gasteiger partial charge in [0.1, 0.15) is 0 Å². The van der Waals surface area contributed by atoms with Crippen molar-refractivity contribution in [1.82, 2.24) is 0 Å². The van der Waals surface area contributed by atoms with E-state index in [0.717, 1.165) is 22.6 Å². The molecule has 0 heterocycles. The third-order valence-corrected chi connectivity index (χ3v) is 12.2. The fourth-order valence-corrected chi connectivity index (χ4v) is 9.81. The summed E-state index contributed by atoms with van der Waals surface area (Å²) in [5, 5.41) is 0. The normalized spacial score (nSPS) is 10.7. The molecule has 1 aromatic carbocycles. The predicted octanol–water partition coefficient (Wildman–Crippen LogP) is 7.68. The number of hydrogen-bond donors (Lipinski definition) is 0. The van der Waals surface area contributed by atoms with E-state index in [1.54, 1.807) is 19.2 Å². The summed E-state index contributed by atoms with van der Waals surface area (Å²) in [6, 6.07) is 10.0. The maximum atomic E-state index is 3.25. The third kappa shape index (κ3) is 16.6. The van der Waals surface area contributed by atoms with Crippen LogP contribution in [0.1, 0.15) is 68.7 Å². The molecule has 0 saturated heterocycles. The maximum absolute atomic E-state index is 3.25. The molecule has 0 radical (unpaired) electrons. The second-order valence-electron chi connectivity index (χ2n) is 7.58. The maximum Gasteiger partial charge on any atom is 6.00 e. The van der Waals surface area contributed by atoms with Crippen molar-refractivity contribution in [2.24, 2.45) is 0 Å². The second-order valence-corrected chi connectivity index (χ2v) is 15.5. The molecule has 0 aliphatic rings. The first-order valence-corrected chi connectivity index (χ1v) is 13.6. The summed E-state index contributed by atoms with van der Waals surface area (Å²) in [6.45, 7) is 24.5. The average Bonchev–Trinajstić information content (AvgIpc) is 3.07. The molecule has 0 bridgehead atoms. The first-order chi connectivity index (χ1) is 11.3. The minimum Gasteiger partial charge on any atom is -0.346 e. The van der Waals surface area contributed by atoms with E-state index < -0.39 is 0 Å². The van der Waals surface area contributed by atoms with E-state index in [1.165, 1.54) is 6.42 Å². The van der Waals surface area contributed by atoms with Crippen LogP contribution in [0.5, 0.6) is 0 Å².